The van der Waals surface area contributed by atoms with E-state index in [0.29, 0.717) is 25.7 Å². The fourth-order valence-electron chi connectivity index (χ4n) is 2.24. The summed E-state index contributed by atoms with van der Waals surface area (Å²) in [5.41, 5.74) is 0. The van der Waals surface area contributed by atoms with Crippen LogP contribution in [0.15, 0.2) is 0 Å². The Bertz CT molecular complexity index is 253. The van der Waals surface area contributed by atoms with Gasteiger partial charge in [0.2, 0.25) is 5.91 Å². The van der Waals surface area contributed by atoms with Crippen molar-refractivity contribution >= 4 is 5.91 Å². The molecular weight excluding hydrogens is 242 g/mol. The maximum Gasteiger partial charge on any atom is 0.234 e. The highest BCUT2D eigenvalue weighted by Crippen LogP contribution is 2.07. The fraction of sp³-hybridized carbons (Fsp3) is 0.929. The lowest BCUT2D eigenvalue weighted by molar-refractivity contribution is -0.122. The first-order valence-electron chi connectivity index (χ1n) is 7.39. The number of rotatable bonds is 8. The van der Waals surface area contributed by atoms with E-state index in [1.807, 2.05) is 20.9 Å². The molecule has 5 heteroatoms. The molecular formula is C14H29N3O2. The van der Waals surface area contributed by atoms with Crippen LogP contribution in [0.25, 0.3) is 0 Å². The van der Waals surface area contributed by atoms with Crippen molar-refractivity contribution < 1.29 is 9.53 Å². The molecule has 1 rings (SSSR count). The third kappa shape index (κ3) is 7.50. The van der Waals surface area contributed by atoms with Gasteiger partial charge in [-0.25, -0.2) is 0 Å². The van der Waals surface area contributed by atoms with Crippen molar-refractivity contribution in [1.82, 2.24) is 15.5 Å². The van der Waals surface area contributed by atoms with E-state index < -0.39 is 0 Å². The van der Waals surface area contributed by atoms with Crippen LogP contribution < -0.4 is 10.6 Å². The van der Waals surface area contributed by atoms with E-state index in [4.69, 9.17) is 4.74 Å². The van der Waals surface area contributed by atoms with Crippen LogP contribution >= 0.6 is 0 Å². The van der Waals surface area contributed by atoms with Crippen molar-refractivity contribution in [2.24, 2.45) is 0 Å². The summed E-state index contributed by atoms with van der Waals surface area (Å²) in [6.45, 7) is 8.02. The first kappa shape index (κ1) is 16.4. The second-order valence-electron chi connectivity index (χ2n) is 5.54. The zero-order valence-corrected chi connectivity index (χ0v) is 12.6. The molecule has 0 aromatic heterocycles. The lowest BCUT2D eigenvalue weighted by Crippen LogP contribution is -2.47. The number of carbonyl (C=O) groups is 1. The molecule has 0 radical (unpaired) electrons. The van der Waals surface area contributed by atoms with E-state index >= 15 is 0 Å². The van der Waals surface area contributed by atoms with Gasteiger partial charge in [-0.2, -0.15) is 0 Å². The van der Waals surface area contributed by atoms with Crippen molar-refractivity contribution in [3.63, 3.8) is 0 Å². The Morgan fingerprint density at radius 1 is 1.53 bits per heavy atom. The Morgan fingerprint density at radius 2 is 2.32 bits per heavy atom. The number of nitrogens with zero attached hydrogens (tertiary/aromatic N) is 1. The van der Waals surface area contributed by atoms with Gasteiger partial charge in [-0.1, -0.05) is 0 Å². The van der Waals surface area contributed by atoms with Crippen LogP contribution in [0.4, 0.5) is 0 Å². The summed E-state index contributed by atoms with van der Waals surface area (Å²) in [5.74, 6) is 0.109. The Labute approximate surface area is 117 Å². The topological polar surface area (TPSA) is 53.6 Å². The predicted molar refractivity (Wildman–Crippen MR) is 77.2 cm³/mol. The molecule has 0 aliphatic carbocycles. The Balaban J connectivity index is 2.06. The van der Waals surface area contributed by atoms with E-state index in [0.717, 1.165) is 19.5 Å². The number of piperidine rings is 1. The number of ether oxygens (including phenoxy) is 1. The van der Waals surface area contributed by atoms with Crippen LogP contribution in [-0.4, -0.2) is 62.8 Å². The van der Waals surface area contributed by atoms with Crippen LogP contribution in [-0.2, 0) is 9.53 Å². The average molecular weight is 271 g/mol. The molecule has 0 bridgehead atoms. The summed E-state index contributed by atoms with van der Waals surface area (Å²) in [5, 5.41) is 6.31. The van der Waals surface area contributed by atoms with Crippen LogP contribution in [0, 0.1) is 0 Å². The molecule has 0 aromatic carbocycles. The van der Waals surface area contributed by atoms with Crippen molar-refractivity contribution in [3.8, 4) is 0 Å². The molecule has 1 aliphatic heterocycles. The van der Waals surface area contributed by atoms with Gasteiger partial charge in [0, 0.05) is 25.7 Å². The van der Waals surface area contributed by atoms with Gasteiger partial charge >= 0.3 is 0 Å². The summed E-state index contributed by atoms with van der Waals surface area (Å²) >= 11 is 0. The number of carbonyl (C=O) groups excluding carboxylic acids is 1. The molecule has 0 spiro atoms. The van der Waals surface area contributed by atoms with E-state index in [1.165, 1.54) is 12.8 Å². The second kappa shape index (κ2) is 9.28. The van der Waals surface area contributed by atoms with E-state index in [2.05, 4.69) is 15.5 Å². The maximum absolute atomic E-state index is 11.8. The zero-order chi connectivity index (χ0) is 14.1. The standard InChI is InChI=1S/C14H29N3O2/c1-12(2)19-9-5-8-16-14(18)11-17(3)13-6-4-7-15-10-13/h12-13,15H,4-11H2,1-3H3,(H,16,18). The molecule has 1 unspecified atom stereocenters. The van der Waals surface area contributed by atoms with Gasteiger partial charge in [-0.3, -0.25) is 9.69 Å². The van der Waals surface area contributed by atoms with Crippen LogP contribution in [0.1, 0.15) is 33.1 Å². The number of amides is 1. The summed E-state index contributed by atoms with van der Waals surface area (Å²) in [6, 6.07) is 0.490. The van der Waals surface area contributed by atoms with E-state index in [1.54, 1.807) is 0 Å². The molecule has 1 aliphatic rings. The predicted octanol–water partition coefficient (Wildman–Crippen LogP) is 0.602. The number of nitrogens with one attached hydrogen (secondary N) is 2. The minimum atomic E-state index is 0.109. The van der Waals surface area contributed by atoms with Crippen LogP contribution in [0.2, 0.25) is 0 Å². The SMILES string of the molecule is CC(C)OCCCNC(=O)CN(C)C1CCCNC1. The number of hydrogen-bond acceptors (Lipinski definition) is 4. The maximum atomic E-state index is 11.8. The summed E-state index contributed by atoms with van der Waals surface area (Å²) in [4.78, 5) is 13.9. The van der Waals surface area contributed by atoms with E-state index in [9.17, 15) is 4.79 Å². The highest BCUT2D eigenvalue weighted by Gasteiger charge is 2.19. The van der Waals surface area contributed by atoms with Gasteiger partial charge in [0.25, 0.3) is 0 Å². The molecule has 19 heavy (non-hydrogen) atoms. The summed E-state index contributed by atoms with van der Waals surface area (Å²) < 4.78 is 5.43. The third-order valence-electron chi connectivity index (χ3n) is 3.38. The largest absolute Gasteiger partial charge is 0.379 e. The molecule has 1 fully saturated rings. The Kier molecular flexibility index (Phi) is 8.02. The normalized spacial score (nSPS) is 19.9. The highest BCUT2D eigenvalue weighted by molar-refractivity contribution is 5.77. The van der Waals surface area contributed by atoms with Gasteiger partial charge in [-0.15, -0.1) is 0 Å². The number of likely N-dealkylation sites (N-methyl/N-ethyl adjacent to an activating group) is 1. The molecule has 1 heterocycles. The first-order chi connectivity index (χ1) is 9.09. The molecule has 1 atom stereocenters. The third-order valence-corrected chi connectivity index (χ3v) is 3.38. The minimum Gasteiger partial charge on any atom is -0.379 e. The fourth-order valence-corrected chi connectivity index (χ4v) is 2.24. The minimum absolute atomic E-state index is 0.109. The van der Waals surface area contributed by atoms with Crippen LogP contribution in [0.3, 0.4) is 0 Å². The summed E-state index contributed by atoms with van der Waals surface area (Å²) in [6.07, 6.45) is 3.52. The van der Waals surface area contributed by atoms with Crippen molar-refractivity contribution in [2.75, 3.05) is 39.8 Å². The highest BCUT2D eigenvalue weighted by atomic mass is 16.5. The lowest BCUT2D eigenvalue weighted by Gasteiger charge is -2.31. The molecule has 112 valence electrons. The van der Waals surface area contributed by atoms with Gasteiger partial charge in [-0.05, 0) is 46.7 Å². The van der Waals surface area contributed by atoms with Gasteiger partial charge in [0.05, 0.1) is 12.6 Å². The average Bonchev–Trinajstić information content (AvgIpc) is 2.39. The van der Waals surface area contributed by atoms with Crippen molar-refractivity contribution in [1.29, 1.82) is 0 Å². The summed E-state index contributed by atoms with van der Waals surface area (Å²) in [7, 11) is 2.03. The van der Waals surface area contributed by atoms with Gasteiger partial charge < -0.3 is 15.4 Å². The molecule has 0 aromatic rings. The lowest BCUT2D eigenvalue weighted by atomic mass is 10.1. The van der Waals surface area contributed by atoms with Crippen molar-refractivity contribution in [3.05, 3.63) is 0 Å². The molecule has 1 amide bonds. The van der Waals surface area contributed by atoms with E-state index in [-0.39, 0.29) is 12.0 Å². The molecule has 2 N–H and O–H groups in total. The smallest absolute Gasteiger partial charge is 0.234 e. The Hall–Kier alpha value is -0.650. The Morgan fingerprint density at radius 3 is 2.95 bits per heavy atom. The molecule has 1 saturated heterocycles. The molecule has 0 saturated carbocycles. The zero-order valence-electron chi connectivity index (χ0n) is 12.6. The number of hydrogen-bond donors (Lipinski definition) is 2. The quantitative estimate of drug-likeness (QED) is 0.635. The first-order valence-corrected chi connectivity index (χ1v) is 7.39. The van der Waals surface area contributed by atoms with Gasteiger partial charge in [0.1, 0.15) is 0 Å². The van der Waals surface area contributed by atoms with Crippen LogP contribution in [0.5, 0.6) is 0 Å². The second-order valence-corrected chi connectivity index (χ2v) is 5.54. The molecule has 5 nitrogen and oxygen atoms in total. The van der Waals surface area contributed by atoms with Crippen molar-refractivity contribution in [2.45, 2.75) is 45.3 Å². The van der Waals surface area contributed by atoms with Gasteiger partial charge in [0.15, 0.2) is 0 Å². The monoisotopic (exact) mass is 271 g/mol.